The van der Waals surface area contributed by atoms with Gasteiger partial charge in [0.05, 0.1) is 13.0 Å². The number of aryl methyl sites for hydroxylation is 2. The highest BCUT2D eigenvalue weighted by atomic mass is 16.5. The van der Waals surface area contributed by atoms with Crippen LogP contribution in [0.2, 0.25) is 0 Å². The molecule has 1 aromatic rings. The van der Waals surface area contributed by atoms with E-state index in [2.05, 4.69) is 6.07 Å². The van der Waals surface area contributed by atoms with Crippen LogP contribution in [0, 0.1) is 13.8 Å². The van der Waals surface area contributed by atoms with Gasteiger partial charge < -0.3 is 9.64 Å². The Morgan fingerprint density at radius 3 is 2.65 bits per heavy atom. The van der Waals surface area contributed by atoms with Crippen LogP contribution in [0.1, 0.15) is 49.8 Å². The summed E-state index contributed by atoms with van der Waals surface area (Å²) in [6, 6.07) is 5.77. The first-order valence-electron chi connectivity index (χ1n) is 8.48. The summed E-state index contributed by atoms with van der Waals surface area (Å²) < 4.78 is 5.17. The van der Waals surface area contributed by atoms with E-state index in [4.69, 9.17) is 4.74 Å². The second kappa shape index (κ2) is 7.62. The molecule has 0 bridgehead atoms. The lowest BCUT2D eigenvalue weighted by Crippen LogP contribution is -2.53. The van der Waals surface area contributed by atoms with E-state index < -0.39 is 6.04 Å². The molecule has 1 saturated heterocycles. The van der Waals surface area contributed by atoms with Gasteiger partial charge in [-0.1, -0.05) is 23.8 Å². The first-order chi connectivity index (χ1) is 10.9. The molecule has 1 aliphatic heterocycles. The molecular weight excluding hydrogens is 290 g/mol. The topological polar surface area (TPSA) is 46.6 Å². The number of hydrogen-bond acceptors (Lipinski definition) is 3. The van der Waals surface area contributed by atoms with Gasteiger partial charge in [-0.2, -0.15) is 0 Å². The minimum atomic E-state index is -0.433. The number of nitrogens with zero attached hydrogens (tertiary/aromatic N) is 1. The number of carbonyl (C=O) groups is 2. The number of ether oxygens (including phenoxy) is 1. The monoisotopic (exact) mass is 317 g/mol. The molecule has 4 nitrogen and oxygen atoms in total. The smallest absolute Gasteiger partial charge is 0.328 e. The van der Waals surface area contributed by atoms with Crippen LogP contribution in [0.3, 0.4) is 0 Å². The average molecular weight is 317 g/mol. The Balaban J connectivity index is 2.17. The Labute approximate surface area is 138 Å². The van der Waals surface area contributed by atoms with Crippen molar-refractivity contribution in [2.75, 3.05) is 6.61 Å². The van der Waals surface area contributed by atoms with Crippen molar-refractivity contribution in [3.05, 3.63) is 34.9 Å². The van der Waals surface area contributed by atoms with Crippen molar-refractivity contribution in [2.24, 2.45) is 0 Å². The maximum atomic E-state index is 12.9. The van der Waals surface area contributed by atoms with E-state index in [1.807, 2.05) is 32.9 Å². The molecule has 1 heterocycles. The van der Waals surface area contributed by atoms with Gasteiger partial charge in [0, 0.05) is 6.04 Å². The minimum Gasteiger partial charge on any atom is -0.464 e. The van der Waals surface area contributed by atoms with Gasteiger partial charge in [-0.25, -0.2) is 4.79 Å². The molecule has 4 heteroatoms. The van der Waals surface area contributed by atoms with Gasteiger partial charge in [0.15, 0.2) is 0 Å². The SMILES string of the molecule is CCOC(=O)C1CCCC(C)N1C(=O)Cc1ccc(C)cc1C. The van der Waals surface area contributed by atoms with Gasteiger partial charge in [0.25, 0.3) is 0 Å². The Morgan fingerprint density at radius 1 is 1.26 bits per heavy atom. The number of amides is 1. The van der Waals surface area contributed by atoms with Gasteiger partial charge in [-0.15, -0.1) is 0 Å². The standard InChI is InChI=1S/C19H27NO3/c1-5-23-19(22)17-8-6-7-15(4)20(17)18(21)12-16-10-9-13(2)11-14(16)3/h9-11,15,17H,5-8,12H2,1-4H3. The van der Waals surface area contributed by atoms with Crippen molar-refractivity contribution < 1.29 is 14.3 Å². The molecule has 2 unspecified atom stereocenters. The molecule has 1 aliphatic rings. The van der Waals surface area contributed by atoms with Crippen LogP contribution < -0.4 is 0 Å². The van der Waals surface area contributed by atoms with Crippen LogP contribution in [-0.2, 0) is 20.7 Å². The number of esters is 1. The molecule has 23 heavy (non-hydrogen) atoms. The summed E-state index contributed by atoms with van der Waals surface area (Å²) in [5.74, 6) is -0.254. The average Bonchev–Trinajstić information content (AvgIpc) is 2.50. The van der Waals surface area contributed by atoms with Gasteiger partial charge in [0.1, 0.15) is 6.04 Å². The number of piperidine rings is 1. The summed E-state index contributed by atoms with van der Waals surface area (Å²) in [6.45, 7) is 8.24. The quantitative estimate of drug-likeness (QED) is 0.801. The third kappa shape index (κ3) is 4.12. The molecule has 0 saturated carbocycles. The Kier molecular flexibility index (Phi) is 5.80. The van der Waals surface area contributed by atoms with Crippen LogP contribution >= 0.6 is 0 Å². The highest BCUT2D eigenvalue weighted by molar-refractivity contribution is 5.86. The Morgan fingerprint density at radius 2 is 2.00 bits per heavy atom. The summed E-state index contributed by atoms with van der Waals surface area (Å²) in [6.07, 6.45) is 2.93. The molecular formula is C19H27NO3. The van der Waals surface area contributed by atoms with E-state index in [-0.39, 0.29) is 17.9 Å². The molecule has 1 aromatic carbocycles. The lowest BCUT2D eigenvalue weighted by atomic mass is 9.94. The first kappa shape index (κ1) is 17.5. The minimum absolute atomic E-state index is 0.0159. The molecule has 2 rings (SSSR count). The van der Waals surface area contributed by atoms with Crippen molar-refractivity contribution in [1.29, 1.82) is 0 Å². The summed E-state index contributed by atoms with van der Waals surface area (Å²) >= 11 is 0. The fraction of sp³-hybridized carbons (Fsp3) is 0.579. The van der Waals surface area contributed by atoms with Crippen LogP contribution in [0.5, 0.6) is 0 Å². The molecule has 1 amide bonds. The van der Waals surface area contributed by atoms with Gasteiger partial charge in [0.2, 0.25) is 5.91 Å². The molecule has 0 spiro atoms. The highest BCUT2D eigenvalue weighted by Gasteiger charge is 2.36. The largest absolute Gasteiger partial charge is 0.464 e. The van der Waals surface area contributed by atoms with E-state index in [1.54, 1.807) is 11.8 Å². The van der Waals surface area contributed by atoms with Crippen molar-refractivity contribution >= 4 is 11.9 Å². The van der Waals surface area contributed by atoms with Gasteiger partial charge in [-0.05, 0) is 58.1 Å². The molecule has 0 radical (unpaired) electrons. The van der Waals surface area contributed by atoms with Crippen molar-refractivity contribution in [3.63, 3.8) is 0 Å². The molecule has 2 atom stereocenters. The molecule has 0 N–H and O–H groups in total. The van der Waals surface area contributed by atoms with Gasteiger partial charge >= 0.3 is 5.97 Å². The predicted octanol–water partition coefficient (Wildman–Crippen LogP) is 3.18. The molecule has 0 aliphatic carbocycles. The van der Waals surface area contributed by atoms with Crippen LogP contribution in [0.15, 0.2) is 18.2 Å². The fourth-order valence-corrected chi connectivity index (χ4v) is 3.38. The highest BCUT2D eigenvalue weighted by Crippen LogP contribution is 2.25. The fourth-order valence-electron chi connectivity index (χ4n) is 3.38. The number of benzene rings is 1. The summed E-state index contributed by atoms with van der Waals surface area (Å²) in [4.78, 5) is 26.8. The third-order valence-electron chi connectivity index (χ3n) is 4.60. The number of hydrogen-bond donors (Lipinski definition) is 0. The third-order valence-corrected chi connectivity index (χ3v) is 4.60. The summed E-state index contributed by atoms with van der Waals surface area (Å²) in [5.41, 5.74) is 3.34. The zero-order chi connectivity index (χ0) is 17.0. The van der Waals surface area contributed by atoms with E-state index >= 15 is 0 Å². The molecule has 126 valence electrons. The van der Waals surface area contributed by atoms with Gasteiger partial charge in [-0.3, -0.25) is 4.79 Å². The zero-order valence-corrected chi connectivity index (χ0v) is 14.6. The lowest BCUT2D eigenvalue weighted by molar-refractivity contribution is -0.158. The Bertz CT molecular complexity index is 582. The predicted molar refractivity (Wildman–Crippen MR) is 90.2 cm³/mol. The molecule has 1 fully saturated rings. The maximum absolute atomic E-state index is 12.9. The van der Waals surface area contributed by atoms with E-state index in [0.717, 1.165) is 24.0 Å². The second-order valence-electron chi connectivity index (χ2n) is 6.46. The number of carbonyl (C=O) groups excluding carboxylic acids is 2. The summed E-state index contributed by atoms with van der Waals surface area (Å²) in [7, 11) is 0. The van der Waals surface area contributed by atoms with Crippen molar-refractivity contribution in [1.82, 2.24) is 4.90 Å². The second-order valence-corrected chi connectivity index (χ2v) is 6.46. The maximum Gasteiger partial charge on any atom is 0.328 e. The van der Waals surface area contributed by atoms with Crippen molar-refractivity contribution in [2.45, 2.75) is 65.5 Å². The normalized spacial score (nSPS) is 21.1. The van der Waals surface area contributed by atoms with Crippen molar-refractivity contribution in [3.8, 4) is 0 Å². The first-order valence-corrected chi connectivity index (χ1v) is 8.48. The van der Waals surface area contributed by atoms with E-state index in [0.29, 0.717) is 19.4 Å². The lowest BCUT2D eigenvalue weighted by Gasteiger charge is -2.39. The van der Waals surface area contributed by atoms with E-state index in [9.17, 15) is 9.59 Å². The number of likely N-dealkylation sites (tertiary alicyclic amines) is 1. The number of rotatable bonds is 4. The van der Waals surface area contributed by atoms with E-state index in [1.165, 1.54) is 5.56 Å². The van der Waals surface area contributed by atoms with Crippen LogP contribution in [-0.4, -0.2) is 35.5 Å². The van der Waals surface area contributed by atoms with Crippen LogP contribution in [0.4, 0.5) is 0 Å². The molecule has 0 aromatic heterocycles. The zero-order valence-electron chi connectivity index (χ0n) is 14.6. The Hall–Kier alpha value is -1.84. The van der Waals surface area contributed by atoms with Crippen LogP contribution in [0.25, 0.3) is 0 Å². The summed E-state index contributed by atoms with van der Waals surface area (Å²) in [5, 5.41) is 0.